The van der Waals surface area contributed by atoms with E-state index in [4.69, 9.17) is 20.2 Å². The molecule has 0 saturated carbocycles. The van der Waals surface area contributed by atoms with Crippen molar-refractivity contribution < 1.29 is 23.9 Å². The zero-order chi connectivity index (χ0) is 33.2. The van der Waals surface area contributed by atoms with Gasteiger partial charge in [0, 0.05) is 57.9 Å². The largest absolute Gasteiger partial charge is 0.491 e. The molecule has 0 radical (unpaired) electrons. The van der Waals surface area contributed by atoms with Crippen molar-refractivity contribution in [1.82, 2.24) is 34.9 Å². The topological polar surface area (TPSA) is 171 Å². The number of ether oxygens (including phenoxy) is 2. The highest BCUT2D eigenvalue weighted by atomic mass is 16.5. The number of aryl methyl sites for hydroxylation is 3. The molecule has 14 nitrogen and oxygen atoms in total. The Morgan fingerprint density at radius 1 is 1.04 bits per heavy atom. The van der Waals surface area contributed by atoms with Crippen LogP contribution in [0.2, 0.25) is 0 Å². The summed E-state index contributed by atoms with van der Waals surface area (Å²) >= 11 is 0. The number of carbonyl (C=O) groups excluding carboxylic acids is 3. The van der Waals surface area contributed by atoms with Crippen LogP contribution in [0.3, 0.4) is 0 Å². The van der Waals surface area contributed by atoms with Crippen LogP contribution in [0.5, 0.6) is 5.75 Å². The van der Waals surface area contributed by atoms with Crippen LogP contribution in [-0.2, 0) is 24.4 Å². The van der Waals surface area contributed by atoms with Gasteiger partial charge >= 0.3 is 6.09 Å². The van der Waals surface area contributed by atoms with Crippen molar-refractivity contribution in [2.45, 2.75) is 46.4 Å². The molecular formula is C33H43N9O5. The number of hydrogen-bond donors (Lipinski definition) is 4. The molecule has 5 rings (SSSR count). The number of imidazole rings is 1. The number of carbonyl (C=O) groups is 3. The van der Waals surface area contributed by atoms with Crippen LogP contribution in [0.1, 0.15) is 51.9 Å². The number of aromatic nitrogens is 4. The van der Waals surface area contributed by atoms with Crippen LogP contribution >= 0.6 is 0 Å². The molecule has 4 aromatic rings. The number of benzene rings is 2. The van der Waals surface area contributed by atoms with Gasteiger partial charge in [0.2, 0.25) is 11.9 Å². The molecule has 14 heteroatoms. The van der Waals surface area contributed by atoms with Crippen molar-refractivity contribution in [3.05, 3.63) is 71.0 Å². The molecule has 3 heterocycles. The predicted octanol–water partition coefficient (Wildman–Crippen LogP) is 2.90. The summed E-state index contributed by atoms with van der Waals surface area (Å²) < 4.78 is 15.1. The zero-order valence-corrected chi connectivity index (χ0v) is 27.0. The molecule has 1 aliphatic heterocycles. The maximum atomic E-state index is 13.5. The summed E-state index contributed by atoms with van der Waals surface area (Å²) in [5.41, 5.74) is 8.99. The van der Waals surface area contributed by atoms with Gasteiger partial charge < -0.3 is 35.3 Å². The van der Waals surface area contributed by atoms with E-state index in [-0.39, 0.29) is 24.0 Å². The van der Waals surface area contributed by atoms with Crippen molar-refractivity contribution in [2.24, 2.45) is 5.73 Å². The third-order valence-electron chi connectivity index (χ3n) is 7.88. The third-order valence-corrected chi connectivity index (χ3v) is 7.88. The molecule has 2 aromatic heterocycles. The highest BCUT2D eigenvalue weighted by Crippen LogP contribution is 2.31. The van der Waals surface area contributed by atoms with E-state index in [1.165, 1.54) is 0 Å². The number of primary amides is 1. The zero-order valence-electron chi connectivity index (χ0n) is 27.0. The number of amides is 3. The molecule has 0 bridgehead atoms. The second-order valence-corrected chi connectivity index (χ2v) is 11.4. The molecule has 0 unspecified atom stereocenters. The lowest BCUT2D eigenvalue weighted by molar-refractivity contribution is 0.0995. The third kappa shape index (κ3) is 8.86. The maximum absolute atomic E-state index is 13.5. The molecule has 0 spiro atoms. The Morgan fingerprint density at radius 2 is 1.83 bits per heavy atom. The van der Waals surface area contributed by atoms with Gasteiger partial charge in [0.15, 0.2) is 0 Å². The van der Waals surface area contributed by atoms with E-state index < -0.39 is 12.0 Å². The highest BCUT2D eigenvalue weighted by Gasteiger charge is 2.22. The van der Waals surface area contributed by atoms with E-state index in [1.54, 1.807) is 22.9 Å². The lowest BCUT2D eigenvalue weighted by Gasteiger charge is -2.27. The minimum absolute atomic E-state index is 0.167. The van der Waals surface area contributed by atoms with Gasteiger partial charge in [-0.3, -0.25) is 19.6 Å². The van der Waals surface area contributed by atoms with Crippen LogP contribution in [0.4, 0.5) is 10.7 Å². The summed E-state index contributed by atoms with van der Waals surface area (Å²) in [5.74, 6) is -0.279. The second kappa shape index (κ2) is 16.1. The molecule has 3 amide bonds. The first-order valence-corrected chi connectivity index (χ1v) is 16.0. The summed E-state index contributed by atoms with van der Waals surface area (Å²) in [6, 6.07) is 14.4. The fourth-order valence-electron chi connectivity index (χ4n) is 5.54. The SMILES string of the molecule is CCn1nc(C)cc1C(=O)Nc1nc2cc(C(N)=O)cc(OCCCN3CCNCC3)c2n1CCCNC(=O)OCc1ccccc1. The number of anilines is 1. The number of rotatable bonds is 15. The molecular weight excluding hydrogens is 602 g/mol. The average molecular weight is 646 g/mol. The summed E-state index contributed by atoms with van der Waals surface area (Å²) in [6.07, 6.45) is 0.747. The Bertz CT molecular complexity index is 1680. The highest BCUT2D eigenvalue weighted by molar-refractivity contribution is 6.04. The van der Waals surface area contributed by atoms with Gasteiger partial charge in [-0.1, -0.05) is 30.3 Å². The number of alkyl carbamates (subject to hydrolysis) is 1. The van der Waals surface area contributed by atoms with E-state index in [0.29, 0.717) is 55.1 Å². The van der Waals surface area contributed by atoms with Crippen LogP contribution < -0.4 is 26.4 Å². The van der Waals surface area contributed by atoms with Crippen molar-refractivity contribution in [3.8, 4) is 5.75 Å². The van der Waals surface area contributed by atoms with Crippen LogP contribution in [0.25, 0.3) is 11.0 Å². The molecule has 0 atom stereocenters. The number of hydrogen-bond acceptors (Lipinski definition) is 9. The predicted molar refractivity (Wildman–Crippen MR) is 178 cm³/mol. The van der Waals surface area contributed by atoms with Gasteiger partial charge in [0.25, 0.3) is 5.91 Å². The molecule has 1 aliphatic rings. The first kappa shape index (κ1) is 33.4. The number of nitrogens with two attached hydrogens (primary N) is 1. The number of nitrogens with zero attached hydrogens (tertiary/aromatic N) is 5. The monoisotopic (exact) mass is 645 g/mol. The normalized spacial score (nSPS) is 13.4. The van der Waals surface area contributed by atoms with Crippen LogP contribution in [0.15, 0.2) is 48.5 Å². The first-order valence-electron chi connectivity index (χ1n) is 16.0. The van der Waals surface area contributed by atoms with E-state index in [0.717, 1.165) is 50.4 Å². The van der Waals surface area contributed by atoms with E-state index in [9.17, 15) is 14.4 Å². The van der Waals surface area contributed by atoms with Gasteiger partial charge in [-0.15, -0.1) is 0 Å². The average Bonchev–Trinajstić information content (AvgIpc) is 3.64. The lowest BCUT2D eigenvalue weighted by atomic mass is 10.1. The van der Waals surface area contributed by atoms with Gasteiger partial charge in [-0.05, 0) is 50.5 Å². The lowest BCUT2D eigenvalue weighted by Crippen LogP contribution is -2.43. The molecule has 0 aliphatic carbocycles. The molecule has 250 valence electrons. The van der Waals surface area contributed by atoms with Crippen molar-refractivity contribution in [1.29, 1.82) is 0 Å². The first-order chi connectivity index (χ1) is 22.8. The maximum Gasteiger partial charge on any atom is 0.407 e. The molecule has 5 N–H and O–H groups in total. The van der Waals surface area contributed by atoms with Crippen molar-refractivity contribution in [3.63, 3.8) is 0 Å². The summed E-state index contributed by atoms with van der Waals surface area (Å²) in [7, 11) is 0. The van der Waals surface area contributed by atoms with Crippen LogP contribution in [0, 0.1) is 6.92 Å². The molecule has 1 saturated heterocycles. The Hall–Kier alpha value is -4.95. The minimum atomic E-state index is -0.613. The Labute approximate surface area is 273 Å². The summed E-state index contributed by atoms with van der Waals surface area (Å²) in [5, 5.41) is 13.5. The van der Waals surface area contributed by atoms with Crippen molar-refractivity contribution in [2.75, 3.05) is 51.2 Å². The number of piperazine rings is 1. The number of nitrogens with one attached hydrogen (secondary N) is 3. The van der Waals surface area contributed by atoms with Gasteiger partial charge in [0.1, 0.15) is 23.6 Å². The minimum Gasteiger partial charge on any atom is -0.491 e. The van der Waals surface area contributed by atoms with Crippen molar-refractivity contribution >= 4 is 34.9 Å². The molecule has 1 fully saturated rings. The Balaban J connectivity index is 1.35. The summed E-state index contributed by atoms with van der Waals surface area (Å²) in [6.45, 7) is 10.3. The second-order valence-electron chi connectivity index (χ2n) is 11.4. The fourth-order valence-corrected chi connectivity index (χ4v) is 5.54. The summed E-state index contributed by atoms with van der Waals surface area (Å²) in [4.78, 5) is 45.2. The molecule has 47 heavy (non-hydrogen) atoms. The van der Waals surface area contributed by atoms with E-state index in [1.807, 2.05) is 48.7 Å². The van der Waals surface area contributed by atoms with Gasteiger partial charge in [-0.2, -0.15) is 5.10 Å². The van der Waals surface area contributed by atoms with Gasteiger partial charge in [-0.25, -0.2) is 9.78 Å². The Kier molecular flexibility index (Phi) is 11.4. The van der Waals surface area contributed by atoms with E-state index >= 15 is 0 Å². The fraction of sp³-hybridized carbons (Fsp3) is 0.424. The smallest absolute Gasteiger partial charge is 0.407 e. The van der Waals surface area contributed by atoms with E-state index in [2.05, 4.69) is 25.9 Å². The van der Waals surface area contributed by atoms with Crippen LogP contribution in [-0.4, -0.2) is 88.0 Å². The standard InChI is InChI=1S/C33H43N9O5/c1-3-42-27(19-23(2)39-42)31(44)38-32-37-26-20-25(30(34)43)21-28(46-18-8-14-40-16-12-35-13-17-40)29(26)41(32)15-7-11-36-33(45)47-22-24-9-5-4-6-10-24/h4-6,9-10,19-21,35H,3,7-8,11-18,22H2,1-2H3,(H2,34,43)(H,36,45)(H,37,38,44). The quantitative estimate of drug-likeness (QED) is 0.142. The van der Waals surface area contributed by atoms with Gasteiger partial charge in [0.05, 0.1) is 17.8 Å². The number of fused-ring (bicyclic) bond motifs is 1. The molecule has 2 aromatic carbocycles. The Morgan fingerprint density at radius 3 is 2.57 bits per heavy atom.